The summed E-state index contributed by atoms with van der Waals surface area (Å²) in [6.45, 7) is 19.3. The first-order chi connectivity index (χ1) is 50.6. The predicted molar refractivity (Wildman–Crippen MR) is 442 cm³/mol. The molecule has 0 spiro atoms. The summed E-state index contributed by atoms with van der Waals surface area (Å²) in [5.41, 5.74) is 32.5. The molecule has 0 amide bonds. The van der Waals surface area contributed by atoms with E-state index in [2.05, 4.69) is 381 Å². The number of anilines is 6. The van der Waals surface area contributed by atoms with E-state index in [4.69, 9.17) is 0 Å². The van der Waals surface area contributed by atoms with E-state index >= 15 is 0 Å². The van der Waals surface area contributed by atoms with Crippen LogP contribution in [-0.4, -0.2) is 0 Å². The van der Waals surface area contributed by atoms with Gasteiger partial charge in [-0.15, -0.1) is 0 Å². The minimum Gasteiger partial charge on any atom is -0.310 e. The first-order valence-corrected chi connectivity index (χ1v) is 37.0. The molecule has 0 radical (unpaired) electrons. The number of rotatable bonds is 8. The van der Waals surface area contributed by atoms with Crippen LogP contribution in [0.5, 0.6) is 0 Å². The number of fused-ring (bicyclic) bond motifs is 20. The normalized spacial score (nSPS) is 14.8. The zero-order valence-corrected chi connectivity index (χ0v) is 59.9. The van der Waals surface area contributed by atoms with Crippen molar-refractivity contribution in [1.82, 2.24) is 0 Å². The van der Waals surface area contributed by atoms with Crippen LogP contribution < -0.4 is 9.80 Å². The molecule has 0 saturated carbocycles. The van der Waals surface area contributed by atoms with Gasteiger partial charge in [0.2, 0.25) is 0 Å². The van der Waals surface area contributed by atoms with E-state index in [1.807, 2.05) is 0 Å². The number of hydrogen-bond donors (Lipinski definition) is 0. The molecular weight excluding hydrogens is 1250 g/mol. The van der Waals surface area contributed by atoms with Gasteiger partial charge in [0.25, 0.3) is 0 Å². The van der Waals surface area contributed by atoms with Crippen molar-refractivity contribution < 1.29 is 0 Å². The molecule has 2 nitrogen and oxygen atoms in total. The topological polar surface area (TPSA) is 6.48 Å². The van der Waals surface area contributed by atoms with Crippen molar-refractivity contribution >= 4 is 98.8 Å². The Kier molecular flexibility index (Phi) is 12.7. The molecule has 0 atom stereocenters. The fraction of sp³-hybridized carbons (Fsp3) is 0.118. The lowest BCUT2D eigenvalue weighted by atomic mass is 9.79. The maximum Gasteiger partial charge on any atom is 0.0468 e. The fourth-order valence-corrected chi connectivity index (χ4v) is 19.6. The minimum absolute atomic E-state index is 0.102. The Hall–Kier alpha value is -12.1. The standard InChI is InChI=1S/C102H76N2/c1-99(2)89-33-21-19-31-77(89)83-57-95-85(59-93(83)99)79-47-41-71(55-91(79)101(95,5)6)103(67-25-11-9-12-26-67)69-43-49-81-87(53-69)97(65-39-45-75-63(51-65)37-35-61-23-15-17-29-73(61)75)82-50-44-70(54-88(82)98(81)66-40-46-76-64(52-66)38-36-62-24-16-18-30-74(62)76)104(68-27-13-10-14-28-68)72-42-48-80-86-60-94-84(58-96(86)102(7,8)92(80)56-72)78-32-20-22-34-90(78)100(94,3)4/h9-60H,1-8H3. The van der Waals surface area contributed by atoms with Crippen LogP contribution in [-0.2, 0) is 21.7 Å². The first-order valence-electron chi connectivity index (χ1n) is 37.0. The summed E-state index contributed by atoms with van der Waals surface area (Å²) in [5, 5.41) is 14.6. The molecule has 0 bridgehead atoms. The molecule has 0 fully saturated rings. The highest BCUT2D eigenvalue weighted by molar-refractivity contribution is 6.24. The van der Waals surface area contributed by atoms with Gasteiger partial charge >= 0.3 is 0 Å². The third kappa shape index (κ3) is 8.57. The Labute approximate surface area is 608 Å². The number of hydrogen-bond acceptors (Lipinski definition) is 2. The zero-order valence-electron chi connectivity index (χ0n) is 59.9. The van der Waals surface area contributed by atoms with Crippen LogP contribution in [0.3, 0.4) is 0 Å². The summed E-state index contributed by atoms with van der Waals surface area (Å²) in [6.07, 6.45) is 0. The SMILES string of the molecule is CC1(C)c2ccccc2-c2cc3c(cc21)-c1ccc(N(c2ccccc2)c2ccc4c(-c5ccc6c(ccc7ccccc76)c5)c5cc(N(c6ccccc6)c6ccc7c(c6)C(C)(C)c6cc8c(cc6-7)C(C)(C)c6ccccc6-8)ccc5c(-c5ccc6c(ccc7ccccc76)c5)c4c2)cc1C3(C)C. The maximum atomic E-state index is 2.53. The first kappa shape index (κ1) is 60.6. The third-order valence-corrected chi connectivity index (χ3v) is 24.9. The van der Waals surface area contributed by atoms with E-state index in [1.54, 1.807) is 0 Å². The monoisotopic (exact) mass is 1330 g/mol. The second-order valence-corrected chi connectivity index (χ2v) is 31.9. The molecule has 0 unspecified atom stereocenters. The van der Waals surface area contributed by atoms with Crippen LogP contribution in [0.2, 0.25) is 0 Å². The lowest BCUT2D eigenvalue weighted by Gasteiger charge is -2.30. The lowest BCUT2D eigenvalue weighted by molar-refractivity contribution is 0.652. The highest BCUT2D eigenvalue weighted by Gasteiger charge is 2.44. The molecule has 4 aliphatic rings. The summed E-state index contributed by atoms with van der Waals surface area (Å²) in [4.78, 5) is 5.01. The smallest absolute Gasteiger partial charge is 0.0468 e. The number of nitrogens with zero attached hydrogens (tertiary/aromatic N) is 2. The number of para-hydroxylation sites is 2. The van der Waals surface area contributed by atoms with Crippen molar-refractivity contribution in [3.8, 4) is 66.8 Å². The van der Waals surface area contributed by atoms with Gasteiger partial charge in [0.15, 0.2) is 0 Å². The Morgan fingerprint density at radius 2 is 0.471 bits per heavy atom. The van der Waals surface area contributed by atoms with Gasteiger partial charge in [-0.1, -0.05) is 262 Å². The highest BCUT2D eigenvalue weighted by Crippen LogP contribution is 2.60. The summed E-state index contributed by atoms with van der Waals surface area (Å²) >= 11 is 0. The molecule has 104 heavy (non-hydrogen) atoms. The summed E-state index contributed by atoms with van der Waals surface area (Å²) in [6, 6.07) is 121. The van der Waals surface area contributed by atoms with E-state index in [9.17, 15) is 0 Å². The van der Waals surface area contributed by atoms with Crippen molar-refractivity contribution in [1.29, 1.82) is 0 Å². The third-order valence-electron chi connectivity index (χ3n) is 24.9. The van der Waals surface area contributed by atoms with Crippen LogP contribution in [0, 0.1) is 0 Å². The largest absolute Gasteiger partial charge is 0.310 e. The van der Waals surface area contributed by atoms with E-state index in [0.717, 1.165) is 34.1 Å². The Morgan fingerprint density at radius 1 is 0.173 bits per heavy atom. The lowest BCUT2D eigenvalue weighted by Crippen LogP contribution is -2.17. The summed E-state index contributed by atoms with van der Waals surface area (Å²) in [5.74, 6) is 0. The van der Waals surface area contributed by atoms with E-state index in [-0.39, 0.29) is 21.7 Å². The van der Waals surface area contributed by atoms with Gasteiger partial charge in [-0.25, -0.2) is 0 Å². The Morgan fingerprint density at radius 3 is 0.885 bits per heavy atom. The molecular formula is C102H76N2. The molecule has 0 aromatic heterocycles. The zero-order chi connectivity index (χ0) is 69.9. The van der Waals surface area contributed by atoms with Crippen LogP contribution in [0.15, 0.2) is 315 Å². The fourth-order valence-electron chi connectivity index (χ4n) is 19.6. The Balaban J connectivity index is 0.798. The molecule has 4 aliphatic carbocycles. The second-order valence-electron chi connectivity index (χ2n) is 31.9. The molecule has 0 aliphatic heterocycles. The van der Waals surface area contributed by atoms with E-state index in [1.165, 1.54) is 176 Å². The van der Waals surface area contributed by atoms with Gasteiger partial charge in [0.1, 0.15) is 0 Å². The molecule has 0 N–H and O–H groups in total. The predicted octanol–water partition coefficient (Wildman–Crippen LogP) is 28.1. The van der Waals surface area contributed by atoms with Gasteiger partial charge in [-0.05, 0) is 285 Å². The van der Waals surface area contributed by atoms with Crippen molar-refractivity contribution in [2.45, 2.75) is 77.0 Å². The van der Waals surface area contributed by atoms with Crippen LogP contribution in [0.4, 0.5) is 34.1 Å². The van der Waals surface area contributed by atoms with Crippen LogP contribution >= 0.6 is 0 Å². The van der Waals surface area contributed by atoms with Crippen molar-refractivity contribution in [3.05, 3.63) is 360 Å². The van der Waals surface area contributed by atoms with E-state index in [0.29, 0.717) is 0 Å². The molecule has 21 rings (SSSR count). The van der Waals surface area contributed by atoms with Crippen molar-refractivity contribution in [2.24, 2.45) is 0 Å². The molecule has 17 aromatic rings. The average Bonchev–Trinajstić information content (AvgIpc) is 1.45. The molecule has 0 saturated heterocycles. The summed E-state index contributed by atoms with van der Waals surface area (Å²) in [7, 11) is 0. The average molecular weight is 1330 g/mol. The molecule has 494 valence electrons. The Bertz CT molecular complexity index is 6200. The van der Waals surface area contributed by atoms with Crippen LogP contribution in [0.25, 0.3) is 131 Å². The molecule has 0 heterocycles. The van der Waals surface area contributed by atoms with E-state index < -0.39 is 0 Å². The maximum absolute atomic E-state index is 2.53. The van der Waals surface area contributed by atoms with Gasteiger partial charge in [-0.2, -0.15) is 0 Å². The van der Waals surface area contributed by atoms with Gasteiger partial charge < -0.3 is 9.80 Å². The highest BCUT2D eigenvalue weighted by atomic mass is 15.1. The number of benzene rings is 17. The van der Waals surface area contributed by atoms with Gasteiger partial charge in [-0.3, -0.25) is 0 Å². The van der Waals surface area contributed by atoms with Gasteiger partial charge in [0, 0.05) is 55.8 Å². The quantitative estimate of drug-likeness (QED) is 0.111. The summed E-state index contributed by atoms with van der Waals surface area (Å²) < 4.78 is 0. The molecule has 17 aromatic carbocycles. The van der Waals surface area contributed by atoms with Gasteiger partial charge in [0.05, 0.1) is 0 Å². The minimum atomic E-state index is -0.263. The molecule has 2 heteroatoms. The van der Waals surface area contributed by atoms with Crippen molar-refractivity contribution in [3.63, 3.8) is 0 Å². The van der Waals surface area contributed by atoms with Crippen molar-refractivity contribution in [2.75, 3.05) is 9.80 Å². The second kappa shape index (κ2) is 21.7. The van der Waals surface area contributed by atoms with Crippen LogP contribution in [0.1, 0.15) is 99.9 Å².